The molecule has 0 aliphatic heterocycles. The Kier molecular flexibility index (Phi) is 10.3. The largest absolute Gasteiger partial charge is 0.453 e. The van der Waals surface area contributed by atoms with E-state index in [1.807, 2.05) is 24.3 Å². The monoisotopic (exact) mass is 536 g/mol. The summed E-state index contributed by atoms with van der Waals surface area (Å²) in [7, 11) is 1.20. The lowest BCUT2D eigenvalue weighted by Crippen LogP contribution is -2.57. The van der Waals surface area contributed by atoms with Crippen LogP contribution in [0.3, 0.4) is 0 Å². The Morgan fingerprint density at radius 2 is 1.80 bits per heavy atom. The van der Waals surface area contributed by atoms with Crippen LogP contribution in [-0.2, 0) is 20.7 Å². The molecule has 3 amide bonds. The molecular formula is C19H29IN4O6. The fourth-order valence-electron chi connectivity index (χ4n) is 2.56. The van der Waals surface area contributed by atoms with E-state index >= 15 is 0 Å². The third-order valence-corrected chi connectivity index (χ3v) is 4.86. The Bertz CT molecular complexity index is 723. The van der Waals surface area contributed by atoms with Crippen molar-refractivity contribution in [3.8, 4) is 0 Å². The highest BCUT2D eigenvalue weighted by Crippen LogP contribution is 2.19. The predicted molar refractivity (Wildman–Crippen MR) is 118 cm³/mol. The SMILES string of the molecule is COC(=O)NC(C(=O)NNCC(O)C(Cc1ccc(I)cc1)OC(N)=O)C(C)(C)C. The molecule has 0 spiro atoms. The van der Waals surface area contributed by atoms with Crippen molar-refractivity contribution in [2.45, 2.75) is 45.4 Å². The predicted octanol–water partition coefficient (Wildman–Crippen LogP) is 1.05. The number of aliphatic hydroxyl groups excluding tert-OH is 1. The summed E-state index contributed by atoms with van der Waals surface area (Å²) < 4.78 is 10.6. The second kappa shape index (κ2) is 11.9. The maximum Gasteiger partial charge on any atom is 0.407 e. The summed E-state index contributed by atoms with van der Waals surface area (Å²) in [6, 6.07) is 6.60. The lowest BCUT2D eigenvalue weighted by Gasteiger charge is -2.30. The zero-order valence-corrected chi connectivity index (χ0v) is 19.6. The molecule has 0 aliphatic carbocycles. The van der Waals surface area contributed by atoms with Crippen LogP contribution in [0, 0.1) is 8.99 Å². The van der Waals surface area contributed by atoms with Crippen LogP contribution in [0.5, 0.6) is 0 Å². The van der Waals surface area contributed by atoms with Gasteiger partial charge in [0.05, 0.1) is 7.11 Å². The van der Waals surface area contributed by atoms with Crippen molar-refractivity contribution >= 4 is 40.7 Å². The van der Waals surface area contributed by atoms with Crippen LogP contribution in [0.2, 0.25) is 0 Å². The maximum atomic E-state index is 12.5. The molecule has 1 aromatic rings. The number of nitrogens with two attached hydrogens (primary N) is 1. The summed E-state index contributed by atoms with van der Waals surface area (Å²) in [4.78, 5) is 35.2. The molecule has 0 bridgehead atoms. The van der Waals surface area contributed by atoms with Crippen molar-refractivity contribution in [1.29, 1.82) is 0 Å². The second-order valence-corrected chi connectivity index (χ2v) is 8.92. The first-order valence-corrected chi connectivity index (χ1v) is 10.3. The van der Waals surface area contributed by atoms with Gasteiger partial charge in [-0.3, -0.25) is 10.2 Å². The Balaban J connectivity index is 2.69. The van der Waals surface area contributed by atoms with Gasteiger partial charge in [0.25, 0.3) is 5.91 Å². The van der Waals surface area contributed by atoms with Gasteiger partial charge in [0.1, 0.15) is 18.2 Å². The highest BCUT2D eigenvalue weighted by Gasteiger charge is 2.33. The van der Waals surface area contributed by atoms with E-state index in [0.717, 1.165) is 9.13 Å². The molecule has 0 fully saturated rings. The van der Waals surface area contributed by atoms with Crippen molar-refractivity contribution < 1.29 is 29.0 Å². The number of hydrogen-bond donors (Lipinski definition) is 5. The van der Waals surface area contributed by atoms with Crippen LogP contribution in [0.25, 0.3) is 0 Å². The Morgan fingerprint density at radius 3 is 2.30 bits per heavy atom. The smallest absolute Gasteiger partial charge is 0.407 e. The Hall–Kier alpha value is -2.12. The van der Waals surface area contributed by atoms with Crippen LogP contribution in [0.1, 0.15) is 26.3 Å². The topological polar surface area (TPSA) is 152 Å². The van der Waals surface area contributed by atoms with Gasteiger partial charge in [-0.25, -0.2) is 15.0 Å². The Morgan fingerprint density at radius 1 is 1.20 bits per heavy atom. The number of hydrazine groups is 1. The number of nitrogens with one attached hydrogen (secondary N) is 3. The minimum absolute atomic E-state index is 0.122. The summed E-state index contributed by atoms with van der Waals surface area (Å²) in [5, 5.41) is 12.9. The standard InChI is InChI=1S/C19H29IN4O6/c1-19(2,3)15(23-18(28)29-4)16(26)24-22-10-13(25)14(30-17(21)27)9-11-5-7-12(20)8-6-11/h5-8,13-15,22,25H,9-10H2,1-4H3,(H2,21,27)(H,23,28)(H,24,26). The third-order valence-electron chi connectivity index (χ3n) is 4.15. The summed E-state index contributed by atoms with van der Waals surface area (Å²) >= 11 is 2.17. The van der Waals surface area contributed by atoms with Gasteiger partial charge in [-0.05, 0) is 45.7 Å². The highest BCUT2D eigenvalue weighted by molar-refractivity contribution is 14.1. The first-order chi connectivity index (χ1) is 13.9. The van der Waals surface area contributed by atoms with Gasteiger partial charge >= 0.3 is 12.2 Å². The van der Waals surface area contributed by atoms with Gasteiger partial charge in [-0.2, -0.15) is 0 Å². The summed E-state index contributed by atoms with van der Waals surface area (Å²) in [5.41, 5.74) is 10.4. The Labute approximate surface area is 189 Å². The molecular weight excluding hydrogens is 507 g/mol. The zero-order valence-electron chi connectivity index (χ0n) is 17.4. The van der Waals surface area contributed by atoms with Crippen molar-refractivity contribution in [3.05, 3.63) is 33.4 Å². The number of aliphatic hydroxyl groups is 1. The van der Waals surface area contributed by atoms with E-state index in [0.29, 0.717) is 0 Å². The van der Waals surface area contributed by atoms with Crippen molar-refractivity contribution in [3.63, 3.8) is 0 Å². The van der Waals surface area contributed by atoms with E-state index in [9.17, 15) is 19.5 Å². The molecule has 0 aliphatic rings. The van der Waals surface area contributed by atoms with Crippen molar-refractivity contribution in [2.75, 3.05) is 13.7 Å². The number of hydrogen-bond acceptors (Lipinski definition) is 7. The number of rotatable bonds is 9. The number of benzene rings is 1. The van der Waals surface area contributed by atoms with Gasteiger partial charge in [-0.1, -0.05) is 32.9 Å². The number of ether oxygens (including phenoxy) is 2. The molecule has 168 valence electrons. The van der Waals surface area contributed by atoms with Crippen molar-refractivity contribution in [1.82, 2.24) is 16.2 Å². The van der Waals surface area contributed by atoms with Crippen LogP contribution < -0.4 is 21.9 Å². The molecule has 10 nitrogen and oxygen atoms in total. The van der Waals surface area contributed by atoms with E-state index in [4.69, 9.17) is 10.5 Å². The lowest BCUT2D eigenvalue weighted by atomic mass is 9.86. The molecule has 3 atom stereocenters. The van der Waals surface area contributed by atoms with Crippen LogP contribution >= 0.6 is 22.6 Å². The molecule has 0 saturated carbocycles. The highest BCUT2D eigenvalue weighted by atomic mass is 127. The maximum absolute atomic E-state index is 12.5. The quantitative estimate of drug-likeness (QED) is 0.234. The summed E-state index contributed by atoms with van der Waals surface area (Å²) in [5.74, 6) is -0.523. The molecule has 3 unspecified atom stereocenters. The molecule has 0 heterocycles. The number of amides is 3. The molecule has 30 heavy (non-hydrogen) atoms. The lowest BCUT2D eigenvalue weighted by molar-refractivity contribution is -0.126. The third kappa shape index (κ3) is 9.13. The van der Waals surface area contributed by atoms with Crippen LogP contribution in [-0.4, -0.2) is 55.1 Å². The van der Waals surface area contributed by atoms with E-state index < -0.39 is 41.8 Å². The number of carbonyl (C=O) groups is 3. The minimum atomic E-state index is -1.15. The molecule has 1 aromatic carbocycles. The molecule has 11 heteroatoms. The molecule has 6 N–H and O–H groups in total. The summed E-state index contributed by atoms with van der Waals surface area (Å²) in [6.07, 6.45) is -3.58. The number of methoxy groups -OCH3 is 1. The average Bonchev–Trinajstić information content (AvgIpc) is 2.65. The average molecular weight is 536 g/mol. The fourth-order valence-corrected chi connectivity index (χ4v) is 2.92. The summed E-state index contributed by atoms with van der Waals surface area (Å²) in [6.45, 7) is 5.21. The number of carbonyl (C=O) groups excluding carboxylic acids is 3. The van der Waals surface area contributed by atoms with Gasteiger partial charge in [0.2, 0.25) is 0 Å². The number of alkyl carbamates (subject to hydrolysis) is 1. The molecule has 0 aromatic heterocycles. The van der Waals surface area contributed by atoms with E-state index in [-0.39, 0.29) is 13.0 Å². The van der Waals surface area contributed by atoms with Crippen LogP contribution in [0.4, 0.5) is 9.59 Å². The van der Waals surface area contributed by atoms with Gasteiger partial charge < -0.3 is 25.6 Å². The number of primary amides is 1. The first kappa shape index (κ1) is 25.9. The molecule has 0 saturated heterocycles. The number of halogens is 1. The molecule has 1 rings (SSSR count). The second-order valence-electron chi connectivity index (χ2n) is 7.68. The van der Waals surface area contributed by atoms with Crippen molar-refractivity contribution in [2.24, 2.45) is 11.1 Å². The van der Waals surface area contributed by atoms with Gasteiger partial charge in [-0.15, -0.1) is 0 Å². The fraction of sp³-hybridized carbons (Fsp3) is 0.526. The van der Waals surface area contributed by atoms with E-state index in [1.165, 1.54) is 7.11 Å². The van der Waals surface area contributed by atoms with E-state index in [2.05, 4.69) is 43.5 Å². The van der Waals surface area contributed by atoms with Gasteiger partial charge in [0, 0.05) is 16.5 Å². The zero-order chi connectivity index (χ0) is 22.9. The first-order valence-electron chi connectivity index (χ1n) is 9.19. The van der Waals surface area contributed by atoms with Gasteiger partial charge in [0.15, 0.2) is 0 Å². The van der Waals surface area contributed by atoms with Crippen LogP contribution in [0.15, 0.2) is 24.3 Å². The molecule has 0 radical (unpaired) electrons. The normalized spacial score (nSPS) is 14.2. The minimum Gasteiger partial charge on any atom is -0.453 e. The van der Waals surface area contributed by atoms with E-state index in [1.54, 1.807) is 20.8 Å².